The third kappa shape index (κ3) is 2.99. The van der Waals surface area contributed by atoms with E-state index in [9.17, 15) is 0 Å². The Morgan fingerprint density at radius 3 is 2.75 bits per heavy atom. The van der Waals surface area contributed by atoms with Gasteiger partial charge in [-0.3, -0.25) is 0 Å². The topological polar surface area (TPSA) is 26.0 Å². The number of hydrogen-bond donors (Lipinski definition) is 1. The lowest BCUT2D eigenvalue weighted by Gasteiger charge is -2.28. The van der Waals surface area contributed by atoms with Crippen LogP contribution in [0.2, 0.25) is 5.02 Å². The number of hydrogen-bond acceptors (Lipinski definition) is 1. The molecule has 1 nitrogen and oxygen atoms in total. The highest BCUT2D eigenvalue weighted by Gasteiger charge is 2.20. The predicted molar refractivity (Wildman–Crippen MR) is 69.8 cm³/mol. The summed E-state index contributed by atoms with van der Waals surface area (Å²) in [5.74, 6) is 0.874. The Hall–Kier alpha value is -0.530. The first-order valence-electron chi connectivity index (χ1n) is 6.16. The van der Waals surface area contributed by atoms with Crippen LogP contribution in [0, 0.1) is 12.8 Å². The van der Waals surface area contributed by atoms with E-state index >= 15 is 0 Å². The Morgan fingerprint density at radius 1 is 1.44 bits per heavy atom. The van der Waals surface area contributed by atoms with Crippen LogP contribution >= 0.6 is 11.6 Å². The summed E-state index contributed by atoms with van der Waals surface area (Å²) in [4.78, 5) is 0. The van der Waals surface area contributed by atoms with Gasteiger partial charge < -0.3 is 5.73 Å². The van der Waals surface area contributed by atoms with E-state index in [0.717, 1.165) is 23.8 Å². The highest BCUT2D eigenvalue weighted by molar-refractivity contribution is 6.31. The summed E-state index contributed by atoms with van der Waals surface area (Å²) in [6.45, 7) is 2.06. The lowest BCUT2D eigenvalue weighted by atomic mass is 9.80. The highest BCUT2D eigenvalue weighted by Crippen LogP contribution is 2.31. The first-order valence-corrected chi connectivity index (χ1v) is 6.53. The smallest absolute Gasteiger partial charge is 0.0441 e. The van der Waals surface area contributed by atoms with Crippen molar-refractivity contribution in [3.8, 4) is 0 Å². The van der Waals surface area contributed by atoms with Crippen molar-refractivity contribution in [3.63, 3.8) is 0 Å². The van der Waals surface area contributed by atoms with E-state index in [0.29, 0.717) is 0 Å². The van der Waals surface area contributed by atoms with Crippen LogP contribution in [0.1, 0.15) is 36.8 Å². The zero-order valence-corrected chi connectivity index (χ0v) is 10.6. The Balaban J connectivity index is 1.91. The fraction of sp³-hybridized carbons (Fsp3) is 0.571. The van der Waals surface area contributed by atoms with Gasteiger partial charge in [-0.2, -0.15) is 0 Å². The van der Waals surface area contributed by atoms with E-state index in [-0.39, 0.29) is 6.04 Å². The van der Waals surface area contributed by atoms with Gasteiger partial charge in [-0.15, -0.1) is 0 Å². The minimum absolute atomic E-state index is 0.269. The second-order valence-corrected chi connectivity index (χ2v) is 5.50. The van der Waals surface area contributed by atoms with Crippen LogP contribution in [0.5, 0.6) is 0 Å². The molecule has 0 radical (unpaired) electrons. The molecule has 0 amide bonds. The van der Waals surface area contributed by atoms with Crippen LogP contribution in [0.25, 0.3) is 0 Å². The maximum absolute atomic E-state index is 6.20. The molecule has 1 atom stereocenters. The van der Waals surface area contributed by atoms with Crippen molar-refractivity contribution in [2.75, 3.05) is 0 Å². The molecule has 1 fully saturated rings. The maximum Gasteiger partial charge on any atom is 0.0441 e. The maximum atomic E-state index is 6.20. The van der Waals surface area contributed by atoms with Crippen molar-refractivity contribution < 1.29 is 0 Å². The first kappa shape index (κ1) is 11.9. The SMILES string of the molecule is Cc1ccc(CC(N)CC2CCC2)c(Cl)c1. The number of rotatable bonds is 4. The van der Waals surface area contributed by atoms with E-state index in [1.165, 1.54) is 30.4 Å². The Kier molecular flexibility index (Phi) is 3.88. The lowest BCUT2D eigenvalue weighted by Crippen LogP contribution is -2.28. The molecule has 2 N–H and O–H groups in total. The van der Waals surface area contributed by atoms with Crippen molar-refractivity contribution in [2.45, 2.75) is 45.1 Å². The van der Waals surface area contributed by atoms with Gasteiger partial charge in [-0.05, 0) is 42.9 Å². The molecule has 1 aliphatic carbocycles. The van der Waals surface area contributed by atoms with E-state index in [1.54, 1.807) is 0 Å². The lowest BCUT2D eigenvalue weighted by molar-refractivity contribution is 0.275. The molecule has 0 spiro atoms. The van der Waals surface area contributed by atoms with Crippen molar-refractivity contribution in [3.05, 3.63) is 34.3 Å². The second kappa shape index (κ2) is 5.20. The number of aryl methyl sites for hydroxylation is 1. The molecular weight excluding hydrogens is 218 g/mol. The minimum atomic E-state index is 0.269. The molecule has 1 aromatic carbocycles. The van der Waals surface area contributed by atoms with Gasteiger partial charge in [0.05, 0.1) is 0 Å². The quantitative estimate of drug-likeness (QED) is 0.849. The molecule has 1 saturated carbocycles. The molecule has 1 aromatic rings. The molecule has 1 unspecified atom stereocenters. The van der Waals surface area contributed by atoms with Crippen LogP contribution in [0.15, 0.2) is 18.2 Å². The Morgan fingerprint density at radius 2 is 2.19 bits per heavy atom. The fourth-order valence-corrected chi connectivity index (χ4v) is 2.65. The van der Waals surface area contributed by atoms with E-state index in [2.05, 4.69) is 19.1 Å². The van der Waals surface area contributed by atoms with Crippen molar-refractivity contribution in [2.24, 2.45) is 11.7 Å². The van der Waals surface area contributed by atoms with Gasteiger partial charge in [-0.1, -0.05) is 43.0 Å². The predicted octanol–water partition coefficient (Wildman–Crippen LogP) is 3.71. The largest absolute Gasteiger partial charge is 0.327 e. The number of halogens is 1. The zero-order valence-electron chi connectivity index (χ0n) is 9.88. The molecular formula is C14H20ClN. The summed E-state index contributed by atoms with van der Waals surface area (Å²) in [7, 11) is 0. The summed E-state index contributed by atoms with van der Waals surface area (Å²) in [6.07, 6.45) is 6.20. The van der Waals surface area contributed by atoms with Crippen LogP contribution in [0.3, 0.4) is 0 Å². The minimum Gasteiger partial charge on any atom is -0.327 e. The third-order valence-corrected chi connectivity index (χ3v) is 3.90. The van der Waals surface area contributed by atoms with Crippen LogP contribution in [0.4, 0.5) is 0 Å². The molecule has 0 aliphatic heterocycles. The van der Waals surface area contributed by atoms with Crippen molar-refractivity contribution in [1.82, 2.24) is 0 Å². The van der Waals surface area contributed by atoms with E-state index < -0.39 is 0 Å². The molecule has 0 heterocycles. The summed E-state index contributed by atoms with van der Waals surface area (Å²) in [5.41, 5.74) is 8.57. The van der Waals surface area contributed by atoms with Crippen molar-refractivity contribution >= 4 is 11.6 Å². The van der Waals surface area contributed by atoms with E-state index in [1.807, 2.05) is 6.07 Å². The zero-order chi connectivity index (χ0) is 11.5. The molecule has 88 valence electrons. The van der Waals surface area contributed by atoms with Gasteiger partial charge in [0.25, 0.3) is 0 Å². The molecule has 0 bridgehead atoms. The molecule has 16 heavy (non-hydrogen) atoms. The third-order valence-electron chi connectivity index (χ3n) is 3.55. The van der Waals surface area contributed by atoms with Gasteiger partial charge in [0, 0.05) is 11.1 Å². The van der Waals surface area contributed by atoms with Crippen molar-refractivity contribution in [1.29, 1.82) is 0 Å². The number of benzene rings is 1. The fourth-order valence-electron chi connectivity index (χ4n) is 2.34. The van der Waals surface area contributed by atoms with Crippen LogP contribution in [-0.4, -0.2) is 6.04 Å². The Labute approximate surface area is 103 Å². The summed E-state index contributed by atoms with van der Waals surface area (Å²) >= 11 is 6.20. The molecule has 2 rings (SSSR count). The van der Waals surface area contributed by atoms with E-state index in [4.69, 9.17) is 17.3 Å². The summed E-state index contributed by atoms with van der Waals surface area (Å²) in [6, 6.07) is 6.51. The van der Waals surface area contributed by atoms with Gasteiger partial charge in [0.2, 0.25) is 0 Å². The number of nitrogens with two attached hydrogens (primary N) is 1. The standard InChI is InChI=1S/C14H20ClN/c1-10-5-6-12(14(15)7-10)9-13(16)8-11-3-2-4-11/h5-7,11,13H,2-4,8-9,16H2,1H3. The molecule has 0 saturated heterocycles. The Bertz CT molecular complexity index is 358. The molecule has 1 aliphatic rings. The average molecular weight is 238 g/mol. The van der Waals surface area contributed by atoms with Gasteiger partial charge >= 0.3 is 0 Å². The highest BCUT2D eigenvalue weighted by atomic mass is 35.5. The monoisotopic (exact) mass is 237 g/mol. The average Bonchev–Trinajstić information content (AvgIpc) is 2.16. The summed E-state index contributed by atoms with van der Waals surface area (Å²) < 4.78 is 0. The van der Waals surface area contributed by atoms with Gasteiger partial charge in [-0.25, -0.2) is 0 Å². The molecule has 0 aromatic heterocycles. The van der Waals surface area contributed by atoms with Crippen LogP contribution < -0.4 is 5.73 Å². The van der Waals surface area contributed by atoms with Gasteiger partial charge in [0.1, 0.15) is 0 Å². The molecule has 2 heteroatoms. The second-order valence-electron chi connectivity index (χ2n) is 5.09. The summed E-state index contributed by atoms with van der Waals surface area (Å²) in [5, 5.41) is 0.865. The first-order chi connectivity index (χ1) is 7.65. The normalized spacial score (nSPS) is 18.2. The van der Waals surface area contributed by atoms with Crippen LogP contribution in [-0.2, 0) is 6.42 Å². The van der Waals surface area contributed by atoms with Gasteiger partial charge in [0.15, 0.2) is 0 Å².